The zero-order chi connectivity index (χ0) is 14.6. The fraction of sp³-hybridized carbons (Fsp3) is 0.100. The molecule has 2 aromatic heterocycles. The van der Waals surface area contributed by atoms with Crippen LogP contribution in [0.3, 0.4) is 0 Å². The lowest BCUT2D eigenvalue weighted by Crippen LogP contribution is -2.19. The normalized spacial score (nSPS) is 13.1. The van der Waals surface area contributed by atoms with Gasteiger partial charge in [0.2, 0.25) is 0 Å². The average molecular weight is 233 g/mol. The molecule has 2 heterocycles. The minimum atomic E-state index is -2.56. The van der Waals surface area contributed by atoms with Gasteiger partial charge in [-0.25, -0.2) is 9.97 Å². The van der Waals surface area contributed by atoms with Gasteiger partial charge in [0.05, 0.1) is 0 Å². The molecule has 7 nitrogen and oxygen atoms in total. The van der Waals surface area contributed by atoms with Crippen molar-refractivity contribution in [3.63, 3.8) is 0 Å². The van der Waals surface area contributed by atoms with E-state index in [0.29, 0.717) is 11.6 Å². The van der Waals surface area contributed by atoms with E-state index >= 15 is 0 Å². The number of carbonyl (C=O) groups excluding carboxylic acids is 1. The van der Waals surface area contributed by atoms with E-state index in [1.54, 1.807) is 12.3 Å². The SMILES string of the molecule is [2H]C([2H])([2H])NC(=O)c1ccc(Nc2ccncn2)nn1. The Kier molecular flexibility index (Phi) is 2.24. The Labute approximate surface area is 102 Å². The molecule has 0 aliphatic heterocycles. The van der Waals surface area contributed by atoms with Crippen LogP contribution in [0.15, 0.2) is 30.7 Å². The van der Waals surface area contributed by atoms with Crippen LogP contribution in [0.2, 0.25) is 0 Å². The first kappa shape index (κ1) is 7.66. The molecule has 0 spiro atoms. The Morgan fingerprint density at radius 2 is 2.24 bits per heavy atom. The smallest absolute Gasteiger partial charge is 0.271 e. The Bertz CT molecular complexity index is 586. The topological polar surface area (TPSA) is 92.7 Å². The van der Waals surface area contributed by atoms with E-state index in [0.717, 1.165) is 0 Å². The number of nitrogens with one attached hydrogen (secondary N) is 2. The van der Waals surface area contributed by atoms with E-state index < -0.39 is 12.9 Å². The molecule has 1 amide bonds. The zero-order valence-electron chi connectivity index (χ0n) is 11.6. The largest absolute Gasteiger partial charge is 0.354 e. The van der Waals surface area contributed by atoms with E-state index in [-0.39, 0.29) is 5.69 Å². The molecule has 7 heteroatoms. The molecule has 0 saturated carbocycles. The lowest BCUT2D eigenvalue weighted by molar-refractivity contribution is 0.0957. The van der Waals surface area contributed by atoms with Gasteiger partial charge in [0, 0.05) is 17.3 Å². The lowest BCUT2D eigenvalue weighted by Gasteiger charge is -2.03. The Morgan fingerprint density at radius 1 is 1.29 bits per heavy atom. The van der Waals surface area contributed by atoms with Gasteiger partial charge in [0.15, 0.2) is 11.5 Å². The molecule has 2 aromatic rings. The first-order chi connectivity index (χ1) is 9.44. The van der Waals surface area contributed by atoms with Gasteiger partial charge < -0.3 is 10.6 Å². The highest BCUT2D eigenvalue weighted by Gasteiger charge is 2.05. The third-order valence-corrected chi connectivity index (χ3v) is 1.85. The van der Waals surface area contributed by atoms with E-state index in [1.807, 2.05) is 5.32 Å². The maximum absolute atomic E-state index is 11.5. The van der Waals surface area contributed by atoms with Crippen LogP contribution in [0.5, 0.6) is 0 Å². The average Bonchev–Trinajstić information content (AvgIpc) is 2.39. The monoisotopic (exact) mass is 233 g/mol. The number of amides is 1. The van der Waals surface area contributed by atoms with Crippen LogP contribution in [-0.4, -0.2) is 33.0 Å². The predicted molar refractivity (Wildman–Crippen MR) is 60.7 cm³/mol. The zero-order valence-corrected chi connectivity index (χ0v) is 8.58. The Morgan fingerprint density at radius 3 is 2.88 bits per heavy atom. The molecule has 2 N–H and O–H groups in total. The first-order valence-electron chi connectivity index (χ1n) is 6.13. The van der Waals surface area contributed by atoms with Gasteiger partial charge in [-0.3, -0.25) is 4.79 Å². The third-order valence-electron chi connectivity index (χ3n) is 1.85. The summed E-state index contributed by atoms with van der Waals surface area (Å²) in [4.78, 5) is 19.2. The van der Waals surface area contributed by atoms with Crippen LogP contribution in [0.1, 0.15) is 14.6 Å². The van der Waals surface area contributed by atoms with Crippen molar-refractivity contribution in [2.75, 3.05) is 12.3 Å². The van der Waals surface area contributed by atoms with Gasteiger partial charge in [-0.15, -0.1) is 10.2 Å². The van der Waals surface area contributed by atoms with E-state index in [1.165, 1.54) is 18.5 Å². The number of nitrogens with zero attached hydrogens (tertiary/aromatic N) is 4. The molecule has 2 rings (SSSR count). The van der Waals surface area contributed by atoms with Crippen molar-refractivity contribution < 1.29 is 8.91 Å². The fourth-order valence-electron chi connectivity index (χ4n) is 1.08. The molecule has 0 unspecified atom stereocenters. The van der Waals surface area contributed by atoms with Crippen molar-refractivity contribution in [3.8, 4) is 0 Å². The highest BCUT2D eigenvalue weighted by molar-refractivity contribution is 5.91. The molecule has 86 valence electrons. The fourth-order valence-corrected chi connectivity index (χ4v) is 1.08. The van der Waals surface area contributed by atoms with Crippen molar-refractivity contribution in [1.82, 2.24) is 25.5 Å². The summed E-state index contributed by atoms with van der Waals surface area (Å²) in [6, 6.07) is 4.48. The standard InChI is InChI=1S/C10H10N6O/c1-11-10(17)7-2-3-9(16-15-7)14-8-4-5-12-6-13-8/h2-6H,1H3,(H,11,17)(H,12,13,14,16)/i1D3. The quantitative estimate of drug-likeness (QED) is 0.795. The maximum Gasteiger partial charge on any atom is 0.271 e. The molecular weight excluding hydrogens is 220 g/mol. The Hall–Kier alpha value is -2.57. The summed E-state index contributed by atoms with van der Waals surface area (Å²) in [5.41, 5.74) is -0.0886. The minimum Gasteiger partial charge on any atom is -0.354 e. The predicted octanol–water partition coefficient (Wildman–Crippen LogP) is 0.370. The maximum atomic E-state index is 11.5. The molecule has 17 heavy (non-hydrogen) atoms. The summed E-state index contributed by atoms with van der Waals surface area (Å²) in [6.45, 7) is -2.56. The van der Waals surface area contributed by atoms with Gasteiger partial charge in [0.25, 0.3) is 5.91 Å². The van der Waals surface area contributed by atoms with Gasteiger partial charge in [-0.1, -0.05) is 0 Å². The molecule has 0 radical (unpaired) electrons. The molecule has 0 aromatic carbocycles. The second-order valence-electron chi connectivity index (χ2n) is 2.98. The number of hydrogen-bond donors (Lipinski definition) is 2. The van der Waals surface area contributed by atoms with Gasteiger partial charge in [0.1, 0.15) is 12.1 Å². The van der Waals surface area contributed by atoms with Gasteiger partial charge in [-0.05, 0) is 18.2 Å². The van der Waals surface area contributed by atoms with Crippen molar-refractivity contribution in [2.45, 2.75) is 0 Å². The summed E-state index contributed by atoms with van der Waals surface area (Å²) in [7, 11) is 0. The third kappa shape index (κ3) is 2.71. The highest BCUT2D eigenvalue weighted by atomic mass is 16.1. The van der Waals surface area contributed by atoms with Crippen LogP contribution in [0, 0.1) is 0 Å². The van der Waals surface area contributed by atoms with E-state index in [2.05, 4.69) is 25.5 Å². The number of aromatic nitrogens is 4. The minimum absolute atomic E-state index is 0.0886. The first-order valence-corrected chi connectivity index (χ1v) is 4.63. The summed E-state index contributed by atoms with van der Waals surface area (Å²) < 4.78 is 20.8. The number of anilines is 2. The number of hydrogen-bond acceptors (Lipinski definition) is 6. The van der Waals surface area contributed by atoms with Gasteiger partial charge in [-0.2, -0.15) is 0 Å². The summed E-state index contributed by atoms with van der Waals surface area (Å²) in [5, 5.41) is 12.1. The summed E-state index contributed by atoms with van der Waals surface area (Å²) in [6.07, 6.45) is 2.93. The van der Waals surface area contributed by atoms with Crippen LogP contribution in [-0.2, 0) is 0 Å². The van der Waals surface area contributed by atoms with Crippen molar-refractivity contribution in [3.05, 3.63) is 36.4 Å². The van der Waals surface area contributed by atoms with E-state index in [4.69, 9.17) is 4.11 Å². The molecule has 0 fully saturated rings. The summed E-state index contributed by atoms with van der Waals surface area (Å²) >= 11 is 0. The molecule has 0 saturated heterocycles. The molecule has 0 aliphatic carbocycles. The molecule has 0 aliphatic rings. The lowest BCUT2D eigenvalue weighted by atomic mass is 10.3. The molecular formula is C10H10N6O. The van der Waals surface area contributed by atoms with Crippen LogP contribution < -0.4 is 10.6 Å². The second kappa shape index (κ2) is 4.97. The Balaban J connectivity index is 2.05. The van der Waals surface area contributed by atoms with Gasteiger partial charge >= 0.3 is 0 Å². The summed E-state index contributed by atoms with van der Waals surface area (Å²) in [5.74, 6) is 0.0780. The highest BCUT2D eigenvalue weighted by Crippen LogP contribution is 2.09. The van der Waals surface area contributed by atoms with Crippen LogP contribution in [0.4, 0.5) is 11.6 Å². The van der Waals surface area contributed by atoms with Crippen molar-refractivity contribution >= 4 is 17.5 Å². The second-order valence-corrected chi connectivity index (χ2v) is 2.98. The molecule has 0 bridgehead atoms. The molecule has 0 atom stereocenters. The van der Waals surface area contributed by atoms with Crippen LogP contribution in [0.25, 0.3) is 0 Å². The van der Waals surface area contributed by atoms with E-state index in [9.17, 15) is 4.79 Å². The van der Waals surface area contributed by atoms with Crippen LogP contribution >= 0.6 is 0 Å². The number of rotatable bonds is 3. The van der Waals surface area contributed by atoms with Crippen molar-refractivity contribution in [2.24, 2.45) is 0 Å². The van der Waals surface area contributed by atoms with Crippen molar-refractivity contribution in [1.29, 1.82) is 0 Å². The number of carbonyl (C=O) groups is 1.